The fourth-order valence-electron chi connectivity index (χ4n) is 5.88. The molecule has 0 spiro atoms. The number of aliphatic imine (C=N–C) groups is 1. The van der Waals surface area contributed by atoms with Crippen LogP contribution in [-0.4, -0.2) is 88.9 Å². The first-order valence-corrected chi connectivity index (χ1v) is 17.4. The lowest BCUT2D eigenvalue weighted by Crippen LogP contribution is -2.56. The molecule has 2 aromatic rings. The molecule has 1 saturated heterocycles. The average Bonchev–Trinajstić information content (AvgIpc) is 3.57. The second-order valence-corrected chi connectivity index (χ2v) is 13.8. The van der Waals surface area contributed by atoms with Gasteiger partial charge in [0.2, 0.25) is 24.0 Å². The molecule has 0 aromatic heterocycles. The van der Waals surface area contributed by atoms with Crippen LogP contribution in [-0.2, 0) is 35.3 Å². The lowest BCUT2D eigenvalue weighted by atomic mass is 10.0. The first kappa shape index (κ1) is 40.1. The van der Waals surface area contributed by atoms with E-state index in [1.807, 2.05) is 13.0 Å². The molecular weight excluding hydrogens is 686 g/mol. The molecule has 0 bridgehead atoms. The standard InChI is InChI=1S/C37H49N7O9/c1-22-18-31(46)52-29-19-24(14-15-25(22)29)41-32(47)26(12-8-16-40-35(38)39)42-33(48)28-13-9-17-44(28)34(49)27(43-36(50)53-37(2,3)4)20-30(45)51-21-23-10-6-5-7-11-23/h5-7,10-11,14-15,18-19,26-28,31,46H,8-9,12-13,16-17,20-21H2,1-4H3,(H,41,47)(H,42,48)(H,43,50)(H4,38,39,40)/t26-,27-,28-,31?/m0/s1. The van der Waals surface area contributed by atoms with Crippen molar-refractivity contribution in [2.45, 2.75) is 96.4 Å². The van der Waals surface area contributed by atoms with E-state index in [0.29, 0.717) is 24.3 Å². The number of nitrogens with zero attached hydrogens (tertiary/aromatic N) is 2. The number of benzene rings is 2. The number of carbonyl (C=O) groups excluding carboxylic acids is 5. The van der Waals surface area contributed by atoms with Crippen LogP contribution < -0.4 is 32.2 Å². The van der Waals surface area contributed by atoms with E-state index in [1.165, 1.54) is 4.90 Å². The predicted molar refractivity (Wildman–Crippen MR) is 196 cm³/mol. The lowest BCUT2D eigenvalue weighted by molar-refractivity contribution is -0.149. The number of amides is 4. The van der Waals surface area contributed by atoms with E-state index < -0.39 is 66.2 Å². The summed E-state index contributed by atoms with van der Waals surface area (Å²) in [5.74, 6) is -2.31. The zero-order valence-electron chi connectivity index (χ0n) is 30.4. The van der Waals surface area contributed by atoms with E-state index in [1.54, 1.807) is 69.3 Å². The van der Waals surface area contributed by atoms with Gasteiger partial charge in [-0.15, -0.1) is 0 Å². The quantitative estimate of drug-likeness (QED) is 0.0713. The molecule has 1 fully saturated rings. The first-order chi connectivity index (χ1) is 25.1. The fraction of sp³-hybridized carbons (Fsp3) is 0.459. The van der Waals surface area contributed by atoms with Crippen molar-refractivity contribution in [3.8, 4) is 5.75 Å². The monoisotopic (exact) mass is 735 g/mol. The smallest absolute Gasteiger partial charge is 0.408 e. The fourth-order valence-corrected chi connectivity index (χ4v) is 5.88. The highest BCUT2D eigenvalue weighted by Crippen LogP contribution is 2.33. The number of likely N-dealkylation sites (tertiary alicyclic amines) is 1. The van der Waals surface area contributed by atoms with Crippen LogP contribution in [0, 0.1) is 0 Å². The number of fused-ring (bicyclic) bond motifs is 1. The molecule has 0 aliphatic carbocycles. The van der Waals surface area contributed by atoms with Crippen LogP contribution in [0.3, 0.4) is 0 Å². The summed E-state index contributed by atoms with van der Waals surface area (Å²) in [6, 6.07) is 10.5. The van der Waals surface area contributed by atoms with Gasteiger partial charge >= 0.3 is 12.1 Å². The van der Waals surface area contributed by atoms with Gasteiger partial charge < -0.3 is 51.6 Å². The Labute approximate surface area is 308 Å². The largest absolute Gasteiger partial charge is 0.461 e. The van der Waals surface area contributed by atoms with E-state index in [2.05, 4.69) is 20.9 Å². The molecule has 286 valence electrons. The summed E-state index contributed by atoms with van der Waals surface area (Å²) in [5.41, 5.74) is 12.7. The Kier molecular flexibility index (Phi) is 13.8. The van der Waals surface area contributed by atoms with Gasteiger partial charge in [-0.25, -0.2) is 4.79 Å². The number of aliphatic hydroxyl groups excluding tert-OH is 1. The molecule has 4 amide bonds. The zero-order valence-corrected chi connectivity index (χ0v) is 30.4. The number of hydrogen-bond donors (Lipinski definition) is 6. The number of aliphatic hydroxyl groups is 1. The molecule has 0 radical (unpaired) electrons. The molecule has 8 N–H and O–H groups in total. The number of guanidine groups is 1. The molecule has 53 heavy (non-hydrogen) atoms. The second-order valence-electron chi connectivity index (χ2n) is 13.8. The normalized spacial score (nSPS) is 17.5. The van der Waals surface area contributed by atoms with Crippen molar-refractivity contribution in [2.24, 2.45) is 16.5 Å². The Morgan fingerprint density at radius 2 is 1.79 bits per heavy atom. The maximum Gasteiger partial charge on any atom is 0.408 e. The molecular formula is C37H49N7O9. The highest BCUT2D eigenvalue weighted by Gasteiger charge is 2.40. The maximum atomic E-state index is 14.0. The van der Waals surface area contributed by atoms with Crippen molar-refractivity contribution in [2.75, 3.05) is 18.4 Å². The van der Waals surface area contributed by atoms with Crippen LogP contribution >= 0.6 is 0 Å². The number of hydrogen-bond acceptors (Lipinski definition) is 10. The van der Waals surface area contributed by atoms with Gasteiger partial charge in [0.15, 0.2) is 5.96 Å². The highest BCUT2D eigenvalue weighted by molar-refractivity contribution is 5.99. The number of allylic oxidation sites excluding steroid dienone is 1. The highest BCUT2D eigenvalue weighted by atomic mass is 16.6. The van der Waals surface area contributed by atoms with Crippen molar-refractivity contribution >= 4 is 47.0 Å². The number of nitrogens with one attached hydrogen (secondary N) is 3. The summed E-state index contributed by atoms with van der Waals surface area (Å²) >= 11 is 0. The van der Waals surface area contributed by atoms with E-state index in [0.717, 1.165) is 16.7 Å². The lowest BCUT2D eigenvalue weighted by Gasteiger charge is -2.30. The van der Waals surface area contributed by atoms with E-state index in [4.69, 9.17) is 25.7 Å². The Morgan fingerprint density at radius 1 is 1.06 bits per heavy atom. The Bertz CT molecular complexity index is 1700. The third-order valence-electron chi connectivity index (χ3n) is 8.33. The van der Waals surface area contributed by atoms with Gasteiger partial charge in [0.1, 0.15) is 36.1 Å². The molecule has 2 heterocycles. The number of rotatable bonds is 14. The summed E-state index contributed by atoms with van der Waals surface area (Å²) in [6.07, 6.45) is 0.208. The SMILES string of the molecule is CC1=CC(O)Oc2cc(NC(=O)[C@H](CCCN=C(N)N)NC(=O)[C@@H]3CCCN3C(=O)[C@H](CC(=O)OCc3ccccc3)NC(=O)OC(C)(C)C)ccc21. The molecule has 16 nitrogen and oxygen atoms in total. The molecule has 1 unspecified atom stereocenters. The van der Waals surface area contributed by atoms with Crippen LogP contribution in [0.15, 0.2) is 59.6 Å². The van der Waals surface area contributed by atoms with Crippen LogP contribution in [0.25, 0.3) is 5.57 Å². The molecule has 16 heteroatoms. The van der Waals surface area contributed by atoms with Gasteiger partial charge in [0.05, 0.1) is 6.42 Å². The first-order valence-electron chi connectivity index (χ1n) is 17.4. The topological polar surface area (TPSA) is 237 Å². The van der Waals surface area contributed by atoms with Crippen molar-refractivity contribution in [1.82, 2.24) is 15.5 Å². The number of esters is 1. The Balaban J connectivity index is 1.48. The van der Waals surface area contributed by atoms with Gasteiger partial charge in [-0.05, 0) is 82.7 Å². The van der Waals surface area contributed by atoms with Crippen molar-refractivity contribution in [3.63, 3.8) is 0 Å². The van der Waals surface area contributed by atoms with E-state index in [-0.39, 0.29) is 38.5 Å². The summed E-state index contributed by atoms with van der Waals surface area (Å²) in [7, 11) is 0. The van der Waals surface area contributed by atoms with Crippen LogP contribution in [0.4, 0.5) is 10.5 Å². The minimum absolute atomic E-state index is 0.0362. The van der Waals surface area contributed by atoms with Gasteiger partial charge in [-0.3, -0.25) is 24.2 Å². The molecule has 2 aliphatic rings. The maximum absolute atomic E-state index is 14.0. The molecule has 2 aliphatic heterocycles. The van der Waals surface area contributed by atoms with E-state index >= 15 is 0 Å². The number of ether oxygens (including phenoxy) is 3. The number of nitrogens with two attached hydrogens (primary N) is 2. The van der Waals surface area contributed by atoms with Crippen molar-refractivity contribution in [3.05, 3.63) is 65.7 Å². The minimum atomic E-state index is -1.40. The second kappa shape index (κ2) is 18.2. The summed E-state index contributed by atoms with van der Waals surface area (Å²) in [6.45, 7) is 7.13. The molecule has 4 atom stereocenters. The third-order valence-corrected chi connectivity index (χ3v) is 8.33. The van der Waals surface area contributed by atoms with Crippen molar-refractivity contribution < 1.29 is 43.3 Å². The number of anilines is 1. The van der Waals surface area contributed by atoms with Crippen LogP contribution in [0.5, 0.6) is 5.75 Å². The molecule has 2 aromatic carbocycles. The zero-order chi connectivity index (χ0) is 38.7. The third kappa shape index (κ3) is 12.2. The minimum Gasteiger partial charge on any atom is -0.461 e. The van der Waals surface area contributed by atoms with Gasteiger partial charge in [-0.1, -0.05) is 30.3 Å². The summed E-state index contributed by atoms with van der Waals surface area (Å²) in [5, 5.41) is 18.1. The van der Waals surface area contributed by atoms with Gasteiger partial charge in [0, 0.05) is 30.4 Å². The summed E-state index contributed by atoms with van der Waals surface area (Å²) < 4.78 is 16.2. The van der Waals surface area contributed by atoms with Crippen LogP contribution in [0.2, 0.25) is 0 Å². The van der Waals surface area contributed by atoms with E-state index in [9.17, 15) is 29.1 Å². The Hall–Kier alpha value is -5.64. The summed E-state index contributed by atoms with van der Waals surface area (Å²) in [4.78, 5) is 72.4. The number of alkyl carbamates (subject to hydrolysis) is 1. The predicted octanol–water partition coefficient (Wildman–Crippen LogP) is 2.30. The number of carbonyl (C=O) groups is 5. The molecule has 4 rings (SSSR count). The average molecular weight is 736 g/mol. The van der Waals surface area contributed by atoms with Gasteiger partial charge in [-0.2, -0.15) is 0 Å². The van der Waals surface area contributed by atoms with Crippen molar-refractivity contribution in [1.29, 1.82) is 0 Å². The van der Waals surface area contributed by atoms with Gasteiger partial charge in [0.25, 0.3) is 0 Å². The Morgan fingerprint density at radius 3 is 2.49 bits per heavy atom. The molecule has 0 saturated carbocycles. The van der Waals surface area contributed by atoms with Crippen LogP contribution in [0.1, 0.15) is 70.9 Å².